The van der Waals surface area contributed by atoms with Crippen molar-refractivity contribution in [1.82, 2.24) is 5.32 Å². The third-order valence-corrected chi connectivity index (χ3v) is 2.86. The summed E-state index contributed by atoms with van der Waals surface area (Å²) in [6.07, 6.45) is -4.34. The number of hydrogen-bond donors (Lipinski definition) is 1. The van der Waals surface area contributed by atoms with Crippen LogP contribution in [-0.4, -0.2) is 18.3 Å². The van der Waals surface area contributed by atoms with Gasteiger partial charge in [-0.2, -0.15) is 13.2 Å². The van der Waals surface area contributed by atoms with Crippen LogP contribution < -0.4 is 10.1 Å². The molecule has 1 aromatic carbocycles. The van der Waals surface area contributed by atoms with Crippen LogP contribution in [0.15, 0.2) is 22.7 Å². The molecule has 19 heavy (non-hydrogen) atoms. The molecule has 108 valence electrons. The molecule has 6 heteroatoms. The average molecular weight is 340 g/mol. The highest BCUT2D eigenvalue weighted by Gasteiger charge is 2.29. The monoisotopic (exact) mass is 339 g/mol. The number of para-hydroxylation sites is 1. The highest BCUT2D eigenvalue weighted by Crippen LogP contribution is 2.31. The maximum Gasteiger partial charge on any atom is 0.422 e. The van der Waals surface area contributed by atoms with Gasteiger partial charge in [-0.15, -0.1) is 0 Å². The topological polar surface area (TPSA) is 21.3 Å². The Balaban J connectivity index is 2.83. The van der Waals surface area contributed by atoms with E-state index < -0.39 is 12.8 Å². The Hall–Kier alpha value is -0.750. The standard InChI is InChI=1S/C13H17BrF3NO/c1-12(2,3)18-7-9-5-4-6-10(14)11(9)19-8-13(15,16)17/h4-6,18H,7-8H2,1-3H3. The van der Waals surface area contributed by atoms with Crippen molar-refractivity contribution in [3.63, 3.8) is 0 Å². The van der Waals surface area contributed by atoms with Crippen LogP contribution in [-0.2, 0) is 6.54 Å². The molecular formula is C13H17BrF3NO. The summed E-state index contributed by atoms with van der Waals surface area (Å²) in [6, 6.07) is 5.17. The van der Waals surface area contributed by atoms with Crippen LogP contribution in [0.1, 0.15) is 26.3 Å². The van der Waals surface area contributed by atoms with Crippen LogP contribution in [0.3, 0.4) is 0 Å². The highest BCUT2D eigenvalue weighted by molar-refractivity contribution is 9.10. The van der Waals surface area contributed by atoms with Gasteiger partial charge in [-0.05, 0) is 42.8 Å². The Bertz CT molecular complexity index is 427. The molecule has 0 bridgehead atoms. The van der Waals surface area contributed by atoms with Crippen molar-refractivity contribution >= 4 is 15.9 Å². The van der Waals surface area contributed by atoms with E-state index in [2.05, 4.69) is 21.2 Å². The predicted octanol–water partition coefficient (Wildman–Crippen LogP) is 4.28. The number of ether oxygens (including phenoxy) is 1. The Kier molecular flexibility index (Phi) is 5.26. The van der Waals surface area contributed by atoms with Gasteiger partial charge in [0.05, 0.1) is 4.47 Å². The quantitative estimate of drug-likeness (QED) is 0.883. The zero-order valence-corrected chi connectivity index (χ0v) is 12.7. The number of alkyl halides is 3. The molecule has 0 saturated heterocycles. The van der Waals surface area contributed by atoms with E-state index in [0.717, 1.165) is 0 Å². The van der Waals surface area contributed by atoms with Gasteiger partial charge in [-0.3, -0.25) is 0 Å². The van der Waals surface area contributed by atoms with Crippen LogP contribution in [0.4, 0.5) is 13.2 Å². The normalized spacial score (nSPS) is 12.6. The van der Waals surface area contributed by atoms with Crippen molar-refractivity contribution < 1.29 is 17.9 Å². The van der Waals surface area contributed by atoms with Gasteiger partial charge in [0.1, 0.15) is 5.75 Å². The first-order valence-electron chi connectivity index (χ1n) is 5.80. The summed E-state index contributed by atoms with van der Waals surface area (Å²) in [5, 5.41) is 3.22. The molecule has 1 N–H and O–H groups in total. The van der Waals surface area contributed by atoms with Crippen molar-refractivity contribution in [3.8, 4) is 5.75 Å². The van der Waals surface area contributed by atoms with Gasteiger partial charge < -0.3 is 10.1 Å². The zero-order chi connectivity index (χ0) is 14.7. The first-order valence-corrected chi connectivity index (χ1v) is 6.60. The van der Waals surface area contributed by atoms with Crippen molar-refractivity contribution in [2.75, 3.05) is 6.61 Å². The fraction of sp³-hybridized carbons (Fsp3) is 0.538. The Morgan fingerprint density at radius 1 is 1.21 bits per heavy atom. The second kappa shape index (κ2) is 6.13. The summed E-state index contributed by atoms with van der Waals surface area (Å²) in [4.78, 5) is 0. The fourth-order valence-electron chi connectivity index (χ4n) is 1.37. The molecule has 1 aromatic rings. The summed E-state index contributed by atoms with van der Waals surface area (Å²) in [7, 11) is 0. The minimum atomic E-state index is -4.34. The van der Waals surface area contributed by atoms with E-state index in [1.54, 1.807) is 18.2 Å². The number of nitrogens with one attached hydrogen (secondary N) is 1. The minimum Gasteiger partial charge on any atom is -0.483 e. The molecule has 0 unspecified atom stereocenters. The summed E-state index contributed by atoms with van der Waals surface area (Å²) in [5.41, 5.74) is 0.567. The lowest BCUT2D eigenvalue weighted by Crippen LogP contribution is -2.35. The number of halogens is 4. The van der Waals surface area contributed by atoms with E-state index in [4.69, 9.17) is 4.74 Å². The van der Waals surface area contributed by atoms with E-state index in [0.29, 0.717) is 16.6 Å². The zero-order valence-electron chi connectivity index (χ0n) is 11.1. The molecule has 0 aliphatic rings. The molecular weight excluding hydrogens is 323 g/mol. The Labute approximate surface area is 119 Å². The third kappa shape index (κ3) is 6.29. The first-order chi connectivity index (χ1) is 8.58. The summed E-state index contributed by atoms with van der Waals surface area (Å²) < 4.78 is 42.1. The molecule has 0 aliphatic heterocycles. The van der Waals surface area contributed by atoms with Gasteiger partial charge >= 0.3 is 6.18 Å². The fourth-order valence-corrected chi connectivity index (χ4v) is 1.89. The summed E-state index contributed by atoms with van der Waals surface area (Å²) in [5.74, 6) is 0.233. The summed E-state index contributed by atoms with van der Waals surface area (Å²) in [6.45, 7) is 5.11. The lowest BCUT2D eigenvalue weighted by molar-refractivity contribution is -0.153. The van der Waals surface area contributed by atoms with Gasteiger partial charge in [-0.1, -0.05) is 12.1 Å². The predicted molar refractivity (Wildman–Crippen MR) is 72.3 cm³/mol. The van der Waals surface area contributed by atoms with Crippen molar-refractivity contribution in [2.24, 2.45) is 0 Å². The van der Waals surface area contributed by atoms with Crippen molar-refractivity contribution in [3.05, 3.63) is 28.2 Å². The van der Waals surface area contributed by atoms with Crippen LogP contribution >= 0.6 is 15.9 Å². The smallest absolute Gasteiger partial charge is 0.422 e. The maximum absolute atomic E-state index is 12.2. The van der Waals surface area contributed by atoms with Gasteiger partial charge in [0, 0.05) is 17.6 Å². The van der Waals surface area contributed by atoms with Crippen molar-refractivity contribution in [1.29, 1.82) is 0 Å². The lowest BCUT2D eigenvalue weighted by Gasteiger charge is -2.22. The molecule has 0 aliphatic carbocycles. The van der Waals surface area contributed by atoms with Crippen molar-refractivity contribution in [2.45, 2.75) is 39.0 Å². The molecule has 0 amide bonds. The minimum absolute atomic E-state index is 0.121. The molecule has 2 nitrogen and oxygen atoms in total. The van der Waals surface area contributed by atoms with Gasteiger partial charge in [0.2, 0.25) is 0 Å². The van der Waals surface area contributed by atoms with E-state index in [1.807, 2.05) is 20.8 Å². The van der Waals surface area contributed by atoms with Gasteiger partial charge in [-0.25, -0.2) is 0 Å². The third-order valence-electron chi connectivity index (χ3n) is 2.24. The number of hydrogen-bond acceptors (Lipinski definition) is 2. The molecule has 0 heterocycles. The Morgan fingerprint density at radius 2 is 1.84 bits per heavy atom. The molecule has 0 saturated carbocycles. The number of benzene rings is 1. The average Bonchev–Trinajstić information content (AvgIpc) is 2.22. The second-order valence-electron chi connectivity index (χ2n) is 5.24. The SMILES string of the molecule is CC(C)(C)NCc1cccc(Br)c1OCC(F)(F)F. The van der Waals surface area contributed by atoms with Gasteiger partial charge in [0.25, 0.3) is 0 Å². The van der Waals surface area contributed by atoms with E-state index in [1.165, 1.54) is 0 Å². The van der Waals surface area contributed by atoms with Gasteiger partial charge in [0.15, 0.2) is 6.61 Å². The highest BCUT2D eigenvalue weighted by atomic mass is 79.9. The van der Waals surface area contributed by atoms with E-state index in [-0.39, 0.29) is 11.3 Å². The largest absolute Gasteiger partial charge is 0.483 e. The Morgan fingerprint density at radius 3 is 2.37 bits per heavy atom. The van der Waals surface area contributed by atoms with E-state index in [9.17, 15) is 13.2 Å². The molecule has 0 atom stereocenters. The number of rotatable bonds is 4. The molecule has 0 aromatic heterocycles. The van der Waals surface area contributed by atoms with Crippen LogP contribution in [0.2, 0.25) is 0 Å². The van der Waals surface area contributed by atoms with Crippen LogP contribution in [0.5, 0.6) is 5.75 Å². The summed E-state index contributed by atoms with van der Waals surface area (Å²) >= 11 is 3.22. The molecule has 1 rings (SSSR count). The molecule has 0 radical (unpaired) electrons. The second-order valence-corrected chi connectivity index (χ2v) is 6.09. The molecule has 0 fully saturated rings. The van der Waals surface area contributed by atoms with Crippen LogP contribution in [0, 0.1) is 0 Å². The van der Waals surface area contributed by atoms with E-state index >= 15 is 0 Å². The first kappa shape index (κ1) is 16.3. The molecule has 0 spiro atoms. The lowest BCUT2D eigenvalue weighted by atomic mass is 10.1. The maximum atomic E-state index is 12.2. The van der Waals surface area contributed by atoms with Crippen LogP contribution in [0.25, 0.3) is 0 Å².